The Bertz CT molecular complexity index is 678. The Morgan fingerprint density at radius 1 is 1.33 bits per heavy atom. The van der Waals surface area contributed by atoms with Gasteiger partial charge in [0.2, 0.25) is 11.8 Å². The molecule has 7 heteroatoms. The van der Waals surface area contributed by atoms with E-state index in [9.17, 15) is 4.79 Å². The molecule has 1 amide bonds. The Kier molecular flexibility index (Phi) is 4.34. The molecule has 2 fully saturated rings. The van der Waals surface area contributed by atoms with Gasteiger partial charge in [-0.3, -0.25) is 9.69 Å². The number of aromatic nitrogens is 2. The average Bonchev–Trinajstić information content (AvgIpc) is 3.12. The maximum atomic E-state index is 12.1. The monoisotopic (exact) mass is 330 g/mol. The second-order valence-electron chi connectivity index (χ2n) is 6.70. The van der Waals surface area contributed by atoms with Crippen molar-refractivity contribution in [3.8, 4) is 0 Å². The highest BCUT2D eigenvalue weighted by molar-refractivity contribution is 5.77. The number of nitrogens with one attached hydrogen (secondary N) is 1. The minimum atomic E-state index is 0.0128. The first-order chi connectivity index (χ1) is 11.8. The molecule has 2 aliphatic rings. The number of hydrogen-bond donors (Lipinski definition) is 1. The highest BCUT2D eigenvalue weighted by atomic mass is 16.5. The van der Waals surface area contributed by atoms with Crippen molar-refractivity contribution in [2.24, 2.45) is 0 Å². The molecule has 4 rings (SSSR count). The molecule has 1 N–H and O–H groups in total. The van der Waals surface area contributed by atoms with Gasteiger partial charge in [0.1, 0.15) is 5.76 Å². The van der Waals surface area contributed by atoms with Crippen LogP contribution in [0.1, 0.15) is 55.0 Å². The summed E-state index contributed by atoms with van der Waals surface area (Å²) in [4.78, 5) is 18.8. The van der Waals surface area contributed by atoms with Crippen LogP contribution >= 0.6 is 0 Å². The van der Waals surface area contributed by atoms with E-state index < -0.39 is 0 Å². The van der Waals surface area contributed by atoms with Gasteiger partial charge < -0.3 is 14.3 Å². The van der Waals surface area contributed by atoms with Gasteiger partial charge in [0.15, 0.2) is 5.82 Å². The van der Waals surface area contributed by atoms with E-state index in [0.717, 1.165) is 56.2 Å². The smallest absolute Gasteiger partial charge is 0.234 e. The lowest BCUT2D eigenvalue weighted by Crippen LogP contribution is -2.42. The van der Waals surface area contributed by atoms with E-state index in [0.29, 0.717) is 19.0 Å². The van der Waals surface area contributed by atoms with Gasteiger partial charge in [-0.15, -0.1) is 0 Å². The number of carbonyl (C=O) groups excluding carboxylic acids is 1. The molecule has 1 atom stereocenters. The molecule has 1 saturated heterocycles. The van der Waals surface area contributed by atoms with E-state index in [1.54, 1.807) is 6.26 Å². The summed E-state index contributed by atoms with van der Waals surface area (Å²) in [7, 11) is 0. The first-order valence-electron chi connectivity index (χ1n) is 8.63. The van der Waals surface area contributed by atoms with Crippen LogP contribution in [0.3, 0.4) is 0 Å². The third kappa shape index (κ3) is 3.67. The minimum Gasteiger partial charge on any atom is -0.467 e. The van der Waals surface area contributed by atoms with Gasteiger partial charge in [0.05, 0.1) is 19.4 Å². The molecule has 128 valence electrons. The molecule has 0 aromatic carbocycles. The molecule has 1 saturated carbocycles. The van der Waals surface area contributed by atoms with Crippen molar-refractivity contribution in [1.82, 2.24) is 20.4 Å². The molecule has 2 aromatic heterocycles. The van der Waals surface area contributed by atoms with Gasteiger partial charge in [-0.1, -0.05) is 5.16 Å². The lowest BCUT2D eigenvalue weighted by molar-refractivity contribution is -0.122. The fourth-order valence-corrected chi connectivity index (χ4v) is 3.18. The summed E-state index contributed by atoms with van der Waals surface area (Å²) in [6, 6.07) is 3.67. The lowest BCUT2D eigenvalue weighted by atomic mass is 9.97. The van der Waals surface area contributed by atoms with E-state index in [4.69, 9.17) is 8.94 Å². The largest absolute Gasteiger partial charge is 0.467 e. The molecular weight excluding hydrogens is 308 g/mol. The van der Waals surface area contributed by atoms with Crippen molar-refractivity contribution < 1.29 is 13.7 Å². The maximum Gasteiger partial charge on any atom is 0.234 e. The fraction of sp³-hybridized carbons (Fsp3) is 0.588. The molecular formula is C17H22N4O3. The average molecular weight is 330 g/mol. The maximum absolute atomic E-state index is 12.1. The van der Waals surface area contributed by atoms with Gasteiger partial charge in [0.25, 0.3) is 0 Å². The summed E-state index contributed by atoms with van der Waals surface area (Å²) in [5, 5.41) is 7.05. The Hall–Kier alpha value is -2.15. The highest BCUT2D eigenvalue weighted by Crippen LogP contribution is 2.39. The van der Waals surface area contributed by atoms with Crippen LogP contribution in [-0.4, -0.2) is 40.6 Å². The van der Waals surface area contributed by atoms with Crippen LogP contribution in [0.15, 0.2) is 27.3 Å². The van der Waals surface area contributed by atoms with Gasteiger partial charge in [-0.2, -0.15) is 4.98 Å². The second kappa shape index (κ2) is 6.76. The number of amides is 1. The highest BCUT2D eigenvalue weighted by Gasteiger charge is 2.32. The van der Waals surface area contributed by atoms with Crippen LogP contribution in [0.5, 0.6) is 0 Å². The zero-order valence-corrected chi connectivity index (χ0v) is 13.6. The zero-order chi connectivity index (χ0) is 16.4. The van der Waals surface area contributed by atoms with Crippen LogP contribution in [0.4, 0.5) is 0 Å². The number of likely N-dealkylation sites (tertiary alicyclic amines) is 1. The first-order valence-corrected chi connectivity index (χ1v) is 8.63. The van der Waals surface area contributed by atoms with Crippen molar-refractivity contribution >= 4 is 5.91 Å². The van der Waals surface area contributed by atoms with Crippen LogP contribution in [0, 0.1) is 0 Å². The van der Waals surface area contributed by atoms with Gasteiger partial charge in [-0.25, -0.2) is 0 Å². The molecule has 0 spiro atoms. The second-order valence-corrected chi connectivity index (χ2v) is 6.70. The van der Waals surface area contributed by atoms with Crippen molar-refractivity contribution in [3.63, 3.8) is 0 Å². The van der Waals surface area contributed by atoms with Crippen molar-refractivity contribution in [1.29, 1.82) is 0 Å². The number of piperidine rings is 1. The Balaban J connectivity index is 1.28. The third-order valence-corrected chi connectivity index (χ3v) is 4.66. The fourth-order valence-electron chi connectivity index (χ4n) is 3.18. The molecule has 0 bridgehead atoms. The van der Waals surface area contributed by atoms with E-state index in [1.807, 2.05) is 12.1 Å². The Morgan fingerprint density at radius 2 is 2.25 bits per heavy atom. The van der Waals surface area contributed by atoms with E-state index in [2.05, 4.69) is 20.4 Å². The minimum absolute atomic E-state index is 0.0128. The normalized spacial score (nSPS) is 21.8. The lowest BCUT2D eigenvalue weighted by Gasteiger charge is -2.30. The zero-order valence-electron chi connectivity index (χ0n) is 13.6. The van der Waals surface area contributed by atoms with Crippen LogP contribution in [0.25, 0.3) is 0 Å². The predicted molar refractivity (Wildman–Crippen MR) is 85.2 cm³/mol. The quantitative estimate of drug-likeness (QED) is 0.872. The van der Waals surface area contributed by atoms with Crippen molar-refractivity contribution in [2.75, 3.05) is 19.6 Å². The summed E-state index contributed by atoms with van der Waals surface area (Å²) in [5.41, 5.74) is 0. The van der Waals surface area contributed by atoms with E-state index >= 15 is 0 Å². The molecule has 7 nitrogen and oxygen atoms in total. The predicted octanol–water partition coefficient (Wildman–Crippen LogP) is 2.04. The number of furan rings is 1. The number of nitrogens with zero attached hydrogens (tertiary/aromatic N) is 3. The Morgan fingerprint density at radius 3 is 3.04 bits per heavy atom. The van der Waals surface area contributed by atoms with Crippen molar-refractivity contribution in [2.45, 2.75) is 44.1 Å². The van der Waals surface area contributed by atoms with Gasteiger partial charge in [0, 0.05) is 18.4 Å². The van der Waals surface area contributed by atoms with Crippen LogP contribution in [0.2, 0.25) is 0 Å². The van der Waals surface area contributed by atoms with Crippen LogP contribution < -0.4 is 5.32 Å². The molecule has 1 aliphatic carbocycles. The number of hydrogen-bond acceptors (Lipinski definition) is 6. The molecule has 24 heavy (non-hydrogen) atoms. The van der Waals surface area contributed by atoms with Crippen molar-refractivity contribution in [3.05, 3.63) is 35.9 Å². The van der Waals surface area contributed by atoms with Gasteiger partial charge >= 0.3 is 0 Å². The molecule has 2 aromatic rings. The number of carbonyl (C=O) groups is 1. The SMILES string of the molecule is O=C(CN1CCC[C@H](c2noc(C3CC3)n2)C1)NCc1ccco1. The molecule has 3 heterocycles. The van der Waals surface area contributed by atoms with Gasteiger partial charge in [-0.05, 0) is 44.4 Å². The summed E-state index contributed by atoms with van der Waals surface area (Å²) in [6.45, 7) is 2.55. The van der Waals surface area contributed by atoms with E-state index in [-0.39, 0.29) is 11.8 Å². The molecule has 0 radical (unpaired) electrons. The Labute approximate surface area is 140 Å². The number of rotatable bonds is 6. The summed E-state index contributed by atoms with van der Waals surface area (Å²) in [6.07, 6.45) is 6.03. The summed E-state index contributed by atoms with van der Waals surface area (Å²) >= 11 is 0. The first kappa shape index (κ1) is 15.4. The van der Waals surface area contributed by atoms with E-state index in [1.165, 1.54) is 0 Å². The molecule has 1 aliphatic heterocycles. The topological polar surface area (TPSA) is 84.4 Å². The third-order valence-electron chi connectivity index (χ3n) is 4.66. The summed E-state index contributed by atoms with van der Waals surface area (Å²) in [5.74, 6) is 3.11. The molecule has 0 unspecified atom stereocenters. The standard InChI is InChI=1S/C17H22N4O3/c22-15(18-9-14-4-2-8-23-14)11-21-7-1-3-13(10-21)16-19-17(24-20-16)12-5-6-12/h2,4,8,12-13H,1,3,5-7,9-11H2,(H,18,22)/t13-/m0/s1. The van der Waals surface area contributed by atoms with Crippen LogP contribution in [-0.2, 0) is 11.3 Å². The summed E-state index contributed by atoms with van der Waals surface area (Å²) < 4.78 is 10.6.